The van der Waals surface area contributed by atoms with Crippen LogP contribution >= 0.6 is 0 Å². The summed E-state index contributed by atoms with van der Waals surface area (Å²) in [6, 6.07) is 2.07. The molecule has 0 saturated heterocycles. The fraction of sp³-hybridized carbons (Fsp3) is 0.474. The van der Waals surface area contributed by atoms with E-state index in [2.05, 4.69) is 13.0 Å². The van der Waals surface area contributed by atoms with Crippen molar-refractivity contribution < 1.29 is 9.64 Å². The highest BCUT2D eigenvalue weighted by Crippen LogP contribution is 2.50. The highest BCUT2D eigenvalue weighted by molar-refractivity contribution is 6.02. The van der Waals surface area contributed by atoms with Crippen LogP contribution < -0.4 is 4.85 Å². The van der Waals surface area contributed by atoms with E-state index in [0.717, 1.165) is 40.2 Å². The van der Waals surface area contributed by atoms with Crippen molar-refractivity contribution in [3.8, 4) is 17.3 Å². The van der Waals surface area contributed by atoms with E-state index in [9.17, 15) is 15.3 Å². The number of rotatable bonds is 1. The van der Waals surface area contributed by atoms with Gasteiger partial charge in [0.25, 0.3) is 0 Å². The number of ketones is 1. The van der Waals surface area contributed by atoms with Gasteiger partial charge in [0.2, 0.25) is 6.20 Å². The maximum Gasteiger partial charge on any atom is 0.218 e. The Bertz CT molecular complexity index is 987. The molecule has 0 bridgehead atoms. The zero-order valence-electron chi connectivity index (χ0n) is 15.4. The number of aryl methyl sites for hydroxylation is 2. The number of aromatic nitrogens is 4. The van der Waals surface area contributed by atoms with Crippen LogP contribution in [0.4, 0.5) is 0 Å². The summed E-state index contributed by atoms with van der Waals surface area (Å²) in [6.07, 6.45) is 6.82. The van der Waals surface area contributed by atoms with Gasteiger partial charge in [0.1, 0.15) is 6.07 Å². The van der Waals surface area contributed by atoms with E-state index in [0.29, 0.717) is 0 Å². The van der Waals surface area contributed by atoms with E-state index in [1.54, 1.807) is 19.4 Å². The van der Waals surface area contributed by atoms with Crippen LogP contribution in [-0.4, -0.2) is 20.2 Å². The van der Waals surface area contributed by atoms with Gasteiger partial charge >= 0.3 is 0 Å². The summed E-state index contributed by atoms with van der Waals surface area (Å²) in [4.78, 5) is 13.2. The lowest BCUT2D eigenvalue weighted by molar-refractivity contribution is -0.691. The minimum absolute atomic E-state index is 0.0648. The van der Waals surface area contributed by atoms with Gasteiger partial charge < -0.3 is 5.21 Å². The zero-order valence-corrected chi connectivity index (χ0v) is 15.4. The minimum atomic E-state index is -0.454. The van der Waals surface area contributed by atoms with Crippen molar-refractivity contribution in [3.05, 3.63) is 40.5 Å². The van der Waals surface area contributed by atoms with Crippen LogP contribution in [-0.2, 0) is 30.7 Å². The maximum atomic E-state index is 12.4. The molecule has 2 aromatic rings. The molecule has 0 radical (unpaired) electrons. The third-order valence-corrected chi connectivity index (χ3v) is 6.14. The standard InChI is InChI=1S/C19H21N5O2/c1-11-15-6-5-14-16(13-9-22(3)24(26)10-13)23(4)21-18(14)19(15,2)7-12(8-20)17(11)25/h7,9-11,15H,5-6H2,1-4H3. The zero-order chi connectivity index (χ0) is 18.8. The third-order valence-electron chi connectivity index (χ3n) is 6.14. The van der Waals surface area contributed by atoms with Crippen LogP contribution in [0, 0.1) is 28.4 Å². The molecule has 0 amide bonds. The van der Waals surface area contributed by atoms with Gasteiger partial charge in [-0.15, -0.1) is 0 Å². The highest BCUT2D eigenvalue weighted by atomic mass is 16.5. The molecular formula is C19H21N5O2. The Labute approximate surface area is 151 Å². The van der Waals surface area contributed by atoms with E-state index in [4.69, 9.17) is 5.10 Å². The summed E-state index contributed by atoms with van der Waals surface area (Å²) < 4.78 is 3.30. The van der Waals surface area contributed by atoms with Crippen LogP contribution in [0.3, 0.4) is 0 Å². The van der Waals surface area contributed by atoms with E-state index in [-0.39, 0.29) is 23.2 Å². The van der Waals surface area contributed by atoms with Crippen LogP contribution in [0.25, 0.3) is 11.3 Å². The van der Waals surface area contributed by atoms with Crippen molar-refractivity contribution in [3.63, 3.8) is 0 Å². The monoisotopic (exact) mass is 351 g/mol. The van der Waals surface area contributed by atoms with E-state index < -0.39 is 5.41 Å². The quantitative estimate of drug-likeness (QED) is 0.576. The predicted octanol–water partition coefficient (Wildman–Crippen LogP) is 1.55. The molecule has 3 atom stereocenters. The number of Topliss-reactive ketones (excluding diaryl/α,β-unsaturated/α-hetero) is 1. The molecule has 7 heteroatoms. The minimum Gasteiger partial charge on any atom is -0.596 e. The molecular weight excluding hydrogens is 330 g/mol. The van der Waals surface area contributed by atoms with Gasteiger partial charge in [-0.3, -0.25) is 9.48 Å². The summed E-state index contributed by atoms with van der Waals surface area (Å²) in [6.45, 7) is 3.99. The van der Waals surface area contributed by atoms with Gasteiger partial charge in [-0.2, -0.15) is 15.0 Å². The first kappa shape index (κ1) is 16.6. The molecule has 0 spiro atoms. The summed E-state index contributed by atoms with van der Waals surface area (Å²) in [5, 5.41) is 26.0. The van der Waals surface area contributed by atoms with Crippen LogP contribution in [0.2, 0.25) is 0 Å². The Kier molecular flexibility index (Phi) is 3.38. The molecule has 0 aliphatic heterocycles. The second-order valence-electron chi connectivity index (χ2n) is 7.64. The van der Waals surface area contributed by atoms with E-state index >= 15 is 0 Å². The fourth-order valence-corrected chi connectivity index (χ4v) is 4.83. The molecule has 0 aromatic carbocycles. The lowest BCUT2D eigenvalue weighted by Gasteiger charge is -2.44. The van der Waals surface area contributed by atoms with Crippen molar-refractivity contribution >= 4 is 5.78 Å². The molecule has 0 N–H and O–H groups in total. The number of allylic oxidation sites excluding steroid dienone is 2. The van der Waals surface area contributed by atoms with Crippen LogP contribution in [0.5, 0.6) is 0 Å². The number of fused-ring (bicyclic) bond motifs is 3. The van der Waals surface area contributed by atoms with Crippen molar-refractivity contribution in [2.45, 2.75) is 32.1 Å². The summed E-state index contributed by atoms with van der Waals surface area (Å²) in [7, 11) is 3.58. The number of carbonyl (C=O) groups excluding carboxylic acids is 1. The molecule has 2 aromatic heterocycles. The van der Waals surface area contributed by atoms with Crippen molar-refractivity contribution in [2.75, 3.05) is 0 Å². The highest BCUT2D eigenvalue weighted by Gasteiger charge is 2.50. The normalized spacial score (nSPS) is 27.5. The first-order valence-electron chi connectivity index (χ1n) is 8.77. The maximum absolute atomic E-state index is 12.4. The fourth-order valence-electron chi connectivity index (χ4n) is 4.83. The number of carbonyl (C=O) groups is 1. The van der Waals surface area contributed by atoms with Gasteiger partial charge in [0.05, 0.1) is 35.8 Å². The van der Waals surface area contributed by atoms with Gasteiger partial charge in [0, 0.05) is 23.9 Å². The Morgan fingerprint density at radius 1 is 1.46 bits per heavy atom. The smallest absolute Gasteiger partial charge is 0.218 e. The number of hydrogen-bond acceptors (Lipinski definition) is 4. The lowest BCUT2D eigenvalue weighted by Crippen LogP contribution is -2.45. The van der Waals surface area contributed by atoms with Gasteiger partial charge in [-0.1, -0.05) is 24.8 Å². The lowest BCUT2D eigenvalue weighted by atomic mass is 9.58. The molecule has 0 fully saturated rings. The first-order valence-corrected chi connectivity index (χ1v) is 8.77. The molecule has 0 saturated carbocycles. The number of hydrogen-bond donors (Lipinski definition) is 0. The van der Waals surface area contributed by atoms with Crippen molar-refractivity contribution in [1.29, 1.82) is 5.26 Å². The molecule has 26 heavy (non-hydrogen) atoms. The summed E-state index contributed by atoms with van der Waals surface area (Å²) in [5.74, 6) is -0.133. The average Bonchev–Trinajstić information content (AvgIpc) is 3.10. The van der Waals surface area contributed by atoms with Crippen LogP contribution in [0.1, 0.15) is 31.5 Å². The largest absolute Gasteiger partial charge is 0.596 e. The summed E-state index contributed by atoms with van der Waals surface area (Å²) >= 11 is 0. The first-order chi connectivity index (χ1) is 12.3. The van der Waals surface area contributed by atoms with Gasteiger partial charge in [-0.05, 0) is 18.8 Å². The van der Waals surface area contributed by atoms with Crippen LogP contribution in [0.15, 0.2) is 24.0 Å². The van der Waals surface area contributed by atoms with Gasteiger partial charge in [-0.25, -0.2) is 0 Å². The molecule has 2 aliphatic carbocycles. The Morgan fingerprint density at radius 3 is 2.81 bits per heavy atom. The number of nitriles is 1. The molecule has 134 valence electrons. The molecule has 2 heterocycles. The molecule has 2 aliphatic rings. The predicted molar refractivity (Wildman–Crippen MR) is 93.6 cm³/mol. The Morgan fingerprint density at radius 2 is 2.19 bits per heavy atom. The molecule has 4 rings (SSSR count). The summed E-state index contributed by atoms with van der Waals surface area (Å²) in [5.41, 5.74) is 3.55. The Balaban J connectivity index is 1.94. The number of nitrogens with zero attached hydrogens (tertiary/aromatic N) is 5. The molecule has 3 unspecified atom stereocenters. The second-order valence-corrected chi connectivity index (χ2v) is 7.64. The second kappa shape index (κ2) is 5.31. The third kappa shape index (κ3) is 2.02. The van der Waals surface area contributed by atoms with E-state index in [1.165, 1.54) is 4.68 Å². The van der Waals surface area contributed by atoms with E-state index in [1.807, 2.05) is 24.7 Å². The Hall–Kier alpha value is -2.88. The SMILES string of the molecule is CC1C(=O)C(C#N)=CC2(C)c3nn(C)c(-c4cn(C)[n+]([O-])c4)c3CCC12. The van der Waals surface area contributed by atoms with Crippen molar-refractivity contribution in [1.82, 2.24) is 14.5 Å². The van der Waals surface area contributed by atoms with Gasteiger partial charge in [0.15, 0.2) is 5.78 Å². The average molecular weight is 351 g/mol. The van der Waals surface area contributed by atoms with Crippen molar-refractivity contribution in [2.24, 2.45) is 25.9 Å². The molecule has 7 nitrogen and oxygen atoms in total. The topological polar surface area (TPSA) is 90.5 Å².